The summed E-state index contributed by atoms with van der Waals surface area (Å²) in [6.07, 6.45) is 4.88. The Kier molecular flexibility index (Phi) is 5.46. The SMILES string of the molecule is CCNc1c(C2CCC(N(C)C)CC2)ccc(C(N)=O)c1C. The Morgan fingerprint density at radius 3 is 2.41 bits per heavy atom. The van der Waals surface area contributed by atoms with Crippen LogP contribution in [0.3, 0.4) is 0 Å². The second-order valence-electron chi connectivity index (χ2n) is 6.57. The van der Waals surface area contributed by atoms with Crippen molar-refractivity contribution in [3.05, 3.63) is 28.8 Å². The molecule has 1 amide bonds. The lowest BCUT2D eigenvalue weighted by Gasteiger charge is -2.34. The third kappa shape index (κ3) is 3.43. The van der Waals surface area contributed by atoms with E-state index in [1.54, 1.807) is 0 Å². The number of hydrogen-bond acceptors (Lipinski definition) is 3. The molecule has 2 rings (SSSR count). The Morgan fingerprint density at radius 1 is 1.27 bits per heavy atom. The Hall–Kier alpha value is -1.55. The van der Waals surface area contributed by atoms with Crippen LogP contribution in [-0.2, 0) is 0 Å². The standard InChI is InChI=1S/C18H29N3O/c1-5-20-17-12(2)15(18(19)22)10-11-16(17)13-6-8-14(9-7-13)21(3)4/h10-11,13-14,20H,5-9H2,1-4H3,(H2,19,22). The molecule has 0 bridgehead atoms. The van der Waals surface area contributed by atoms with Gasteiger partial charge in [-0.1, -0.05) is 6.07 Å². The molecule has 122 valence electrons. The molecule has 0 aromatic heterocycles. The fourth-order valence-corrected chi connectivity index (χ4v) is 3.65. The minimum Gasteiger partial charge on any atom is -0.385 e. The van der Waals surface area contributed by atoms with Crippen LogP contribution in [0.15, 0.2) is 12.1 Å². The third-order valence-electron chi connectivity index (χ3n) is 4.98. The predicted octanol–water partition coefficient (Wildman–Crippen LogP) is 3.11. The van der Waals surface area contributed by atoms with Crippen molar-refractivity contribution in [3.8, 4) is 0 Å². The first-order valence-corrected chi connectivity index (χ1v) is 8.29. The number of anilines is 1. The van der Waals surface area contributed by atoms with E-state index < -0.39 is 0 Å². The fourth-order valence-electron chi connectivity index (χ4n) is 3.65. The van der Waals surface area contributed by atoms with Gasteiger partial charge in [0.25, 0.3) is 0 Å². The molecule has 0 atom stereocenters. The average molecular weight is 303 g/mol. The van der Waals surface area contributed by atoms with Crippen molar-refractivity contribution in [2.75, 3.05) is 26.0 Å². The zero-order valence-electron chi connectivity index (χ0n) is 14.3. The molecule has 3 N–H and O–H groups in total. The van der Waals surface area contributed by atoms with E-state index in [9.17, 15) is 4.79 Å². The summed E-state index contributed by atoms with van der Waals surface area (Å²) < 4.78 is 0. The Balaban J connectivity index is 2.27. The van der Waals surface area contributed by atoms with Crippen molar-refractivity contribution in [2.24, 2.45) is 5.73 Å². The van der Waals surface area contributed by atoms with E-state index >= 15 is 0 Å². The Bertz CT molecular complexity index is 531. The maximum Gasteiger partial charge on any atom is 0.249 e. The summed E-state index contributed by atoms with van der Waals surface area (Å²) in [6.45, 7) is 4.93. The van der Waals surface area contributed by atoms with Gasteiger partial charge in [0.2, 0.25) is 5.91 Å². The number of nitrogens with two attached hydrogens (primary N) is 1. The second-order valence-corrected chi connectivity index (χ2v) is 6.57. The molecule has 0 radical (unpaired) electrons. The van der Waals surface area contributed by atoms with Gasteiger partial charge in [-0.3, -0.25) is 4.79 Å². The lowest BCUT2D eigenvalue weighted by molar-refractivity contribution is 0.0999. The van der Waals surface area contributed by atoms with Crippen molar-refractivity contribution < 1.29 is 4.79 Å². The van der Waals surface area contributed by atoms with Crippen LogP contribution in [-0.4, -0.2) is 37.5 Å². The summed E-state index contributed by atoms with van der Waals surface area (Å²) in [4.78, 5) is 13.9. The van der Waals surface area contributed by atoms with Crippen molar-refractivity contribution in [1.29, 1.82) is 0 Å². The van der Waals surface area contributed by atoms with Crippen LogP contribution in [0.2, 0.25) is 0 Å². The molecule has 1 aromatic rings. The highest BCUT2D eigenvalue weighted by Gasteiger charge is 2.26. The van der Waals surface area contributed by atoms with Crippen LogP contribution >= 0.6 is 0 Å². The van der Waals surface area contributed by atoms with Gasteiger partial charge >= 0.3 is 0 Å². The Labute approximate surface area is 134 Å². The zero-order chi connectivity index (χ0) is 16.3. The molecule has 1 fully saturated rings. The van der Waals surface area contributed by atoms with Gasteiger partial charge in [0.15, 0.2) is 0 Å². The number of primary amides is 1. The number of carbonyl (C=O) groups is 1. The molecule has 22 heavy (non-hydrogen) atoms. The number of hydrogen-bond donors (Lipinski definition) is 2. The zero-order valence-corrected chi connectivity index (χ0v) is 14.3. The highest BCUT2D eigenvalue weighted by atomic mass is 16.1. The monoisotopic (exact) mass is 303 g/mol. The number of nitrogens with one attached hydrogen (secondary N) is 1. The first-order valence-electron chi connectivity index (χ1n) is 8.29. The number of carbonyl (C=O) groups excluding carboxylic acids is 1. The maximum atomic E-state index is 11.6. The van der Waals surface area contributed by atoms with Crippen LogP contribution in [0, 0.1) is 6.92 Å². The number of benzene rings is 1. The van der Waals surface area contributed by atoms with Crippen molar-refractivity contribution in [1.82, 2.24) is 4.90 Å². The first kappa shape index (κ1) is 16.8. The molecule has 0 heterocycles. The van der Waals surface area contributed by atoms with Crippen LogP contribution in [0.1, 0.15) is 60.0 Å². The van der Waals surface area contributed by atoms with Crippen LogP contribution < -0.4 is 11.1 Å². The number of amides is 1. The second kappa shape index (κ2) is 7.14. The molecule has 0 unspecified atom stereocenters. The molecule has 1 aromatic carbocycles. The van der Waals surface area contributed by atoms with Crippen LogP contribution in [0.25, 0.3) is 0 Å². The summed E-state index contributed by atoms with van der Waals surface area (Å²) in [5, 5.41) is 3.45. The molecular formula is C18H29N3O. The normalized spacial score (nSPS) is 21.9. The average Bonchev–Trinajstić information content (AvgIpc) is 2.49. The van der Waals surface area contributed by atoms with Gasteiger partial charge in [-0.05, 0) is 76.7 Å². The van der Waals surface area contributed by atoms with E-state index in [2.05, 4.69) is 37.3 Å². The van der Waals surface area contributed by atoms with Gasteiger partial charge in [-0.25, -0.2) is 0 Å². The molecule has 4 heteroatoms. The topological polar surface area (TPSA) is 58.4 Å². The van der Waals surface area contributed by atoms with E-state index in [1.807, 2.05) is 13.0 Å². The van der Waals surface area contributed by atoms with Crippen LogP contribution in [0.5, 0.6) is 0 Å². The molecule has 4 nitrogen and oxygen atoms in total. The van der Waals surface area contributed by atoms with Gasteiger partial charge in [0.1, 0.15) is 0 Å². The largest absolute Gasteiger partial charge is 0.385 e. The lowest BCUT2D eigenvalue weighted by atomic mass is 9.79. The fraction of sp³-hybridized carbons (Fsp3) is 0.611. The summed E-state index contributed by atoms with van der Waals surface area (Å²) in [7, 11) is 4.34. The smallest absolute Gasteiger partial charge is 0.249 e. The molecule has 1 saturated carbocycles. The lowest BCUT2D eigenvalue weighted by Crippen LogP contribution is -2.31. The first-order chi connectivity index (χ1) is 10.5. The minimum absolute atomic E-state index is 0.348. The summed E-state index contributed by atoms with van der Waals surface area (Å²) in [5.41, 5.74) is 9.57. The van der Waals surface area contributed by atoms with Gasteiger partial charge in [-0.15, -0.1) is 0 Å². The predicted molar refractivity (Wildman–Crippen MR) is 92.5 cm³/mol. The number of rotatable bonds is 5. The molecule has 1 aliphatic carbocycles. The van der Waals surface area contributed by atoms with Gasteiger partial charge in [-0.2, -0.15) is 0 Å². The highest BCUT2D eigenvalue weighted by Crippen LogP contribution is 2.39. The van der Waals surface area contributed by atoms with Gasteiger partial charge < -0.3 is 16.0 Å². The molecule has 0 saturated heterocycles. The van der Waals surface area contributed by atoms with E-state index in [4.69, 9.17) is 5.73 Å². The maximum absolute atomic E-state index is 11.6. The van der Waals surface area contributed by atoms with E-state index in [0.717, 1.165) is 17.8 Å². The Morgan fingerprint density at radius 2 is 1.91 bits per heavy atom. The molecule has 0 spiro atoms. The highest BCUT2D eigenvalue weighted by molar-refractivity contribution is 5.96. The summed E-state index contributed by atoms with van der Waals surface area (Å²) >= 11 is 0. The molecule has 0 aliphatic heterocycles. The molecule has 1 aliphatic rings. The van der Waals surface area contributed by atoms with E-state index in [1.165, 1.54) is 31.2 Å². The van der Waals surface area contributed by atoms with Gasteiger partial charge in [0.05, 0.1) is 0 Å². The quantitative estimate of drug-likeness (QED) is 0.878. The molecular weight excluding hydrogens is 274 g/mol. The third-order valence-corrected chi connectivity index (χ3v) is 4.98. The van der Waals surface area contributed by atoms with Crippen molar-refractivity contribution in [3.63, 3.8) is 0 Å². The van der Waals surface area contributed by atoms with E-state index in [0.29, 0.717) is 17.5 Å². The summed E-state index contributed by atoms with van der Waals surface area (Å²) in [6, 6.07) is 4.70. The number of nitrogens with zero attached hydrogens (tertiary/aromatic N) is 1. The van der Waals surface area contributed by atoms with E-state index in [-0.39, 0.29) is 5.91 Å². The summed E-state index contributed by atoms with van der Waals surface area (Å²) in [5.74, 6) is 0.227. The van der Waals surface area contributed by atoms with Crippen molar-refractivity contribution >= 4 is 11.6 Å². The minimum atomic E-state index is -0.348. The van der Waals surface area contributed by atoms with Crippen LogP contribution in [0.4, 0.5) is 5.69 Å². The van der Waals surface area contributed by atoms with Crippen molar-refractivity contribution in [2.45, 2.75) is 51.5 Å². The van der Waals surface area contributed by atoms with Gasteiger partial charge in [0, 0.05) is 23.8 Å².